The normalized spacial score (nSPS) is 16.1. The molecule has 2 rings (SSSR count). The number of halogens is 2. The summed E-state index contributed by atoms with van der Waals surface area (Å²) in [5.74, 6) is 1.46. The minimum Gasteiger partial charge on any atom is -0.377 e. The molecule has 0 saturated carbocycles. The molecule has 0 spiro atoms. The van der Waals surface area contributed by atoms with E-state index in [1.165, 1.54) is 17.8 Å². The maximum atomic E-state index is 13.6. The topological polar surface area (TPSA) is 48.9 Å². The zero-order valence-electron chi connectivity index (χ0n) is 17.1. The van der Waals surface area contributed by atoms with Gasteiger partial charge in [0.25, 0.3) is 0 Å². The molecule has 0 atom stereocenters. The van der Waals surface area contributed by atoms with E-state index in [0.717, 1.165) is 57.3 Å². The molecule has 0 amide bonds. The minimum atomic E-state index is -0.157. The van der Waals surface area contributed by atoms with E-state index in [9.17, 15) is 4.39 Å². The summed E-state index contributed by atoms with van der Waals surface area (Å²) >= 11 is 1.52. The van der Waals surface area contributed by atoms with Crippen molar-refractivity contribution in [1.82, 2.24) is 15.5 Å². The highest BCUT2D eigenvalue weighted by Gasteiger charge is 2.19. The number of hydrogen-bond donors (Lipinski definition) is 2. The first-order valence-corrected chi connectivity index (χ1v) is 10.8. The molecule has 0 radical (unpaired) electrons. The van der Waals surface area contributed by atoms with E-state index < -0.39 is 0 Å². The van der Waals surface area contributed by atoms with Gasteiger partial charge in [0.1, 0.15) is 5.82 Å². The molecule has 0 unspecified atom stereocenters. The molecule has 1 heterocycles. The van der Waals surface area contributed by atoms with Gasteiger partial charge in [0.05, 0.1) is 12.7 Å². The molecule has 1 aliphatic rings. The Kier molecular flexibility index (Phi) is 13.1. The number of hydrogen-bond acceptors (Lipinski definition) is 4. The van der Waals surface area contributed by atoms with Crippen molar-refractivity contribution >= 4 is 41.7 Å². The lowest BCUT2D eigenvalue weighted by molar-refractivity contribution is 0.0532. The summed E-state index contributed by atoms with van der Waals surface area (Å²) in [6.07, 6.45) is 2.51. The third-order valence-electron chi connectivity index (χ3n) is 4.50. The van der Waals surface area contributed by atoms with E-state index in [4.69, 9.17) is 4.74 Å². The molecule has 0 aliphatic carbocycles. The Hall–Kier alpha value is -0.580. The molecule has 5 nitrogen and oxygen atoms in total. The van der Waals surface area contributed by atoms with Gasteiger partial charge in [-0.25, -0.2) is 4.39 Å². The van der Waals surface area contributed by atoms with Crippen LogP contribution in [0.3, 0.4) is 0 Å². The minimum absolute atomic E-state index is 0. The number of rotatable bonds is 9. The summed E-state index contributed by atoms with van der Waals surface area (Å²) in [5, 5.41) is 6.83. The van der Waals surface area contributed by atoms with Crippen LogP contribution in [0.1, 0.15) is 26.7 Å². The number of guanidine groups is 1. The molecule has 8 heteroatoms. The number of benzene rings is 1. The quantitative estimate of drug-likeness (QED) is 0.170. The van der Waals surface area contributed by atoms with E-state index >= 15 is 0 Å². The van der Waals surface area contributed by atoms with E-state index in [1.54, 1.807) is 13.1 Å². The third-order valence-corrected chi connectivity index (χ3v) is 5.55. The van der Waals surface area contributed by atoms with Crippen molar-refractivity contribution in [2.75, 3.05) is 45.6 Å². The highest BCUT2D eigenvalue weighted by molar-refractivity contribution is 14.0. The molecule has 1 fully saturated rings. The van der Waals surface area contributed by atoms with Gasteiger partial charge in [-0.05, 0) is 38.8 Å². The number of thioether (sulfide) groups is 1. The van der Waals surface area contributed by atoms with Crippen molar-refractivity contribution < 1.29 is 9.13 Å². The Morgan fingerprint density at radius 3 is 2.68 bits per heavy atom. The van der Waals surface area contributed by atoms with Gasteiger partial charge in [0.15, 0.2) is 5.96 Å². The van der Waals surface area contributed by atoms with Crippen LogP contribution in [0.2, 0.25) is 0 Å². The number of likely N-dealkylation sites (tertiary alicyclic amines) is 1. The predicted octanol–water partition coefficient (Wildman–Crippen LogP) is 3.59. The second-order valence-electron chi connectivity index (χ2n) is 6.96. The predicted molar refractivity (Wildman–Crippen MR) is 128 cm³/mol. The standard InChI is InChI=1S/C20H33FN4OS.HI/c1-16(2)26-14-13-25-11-8-17(9-12-25)24-20(22-3)23-10-15-27-19-7-5-4-6-18(19)21;/h4-7,16-17H,8-15H2,1-3H3,(H2,22,23,24);1H. The van der Waals surface area contributed by atoms with E-state index in [0.29, 0.717) is 17.0 Å². The van der Waals surface area contributed by atoms with Crippen LogP contribution >= 0.6 is 35.7 Å². The first-order valence-electron chi connectivity index (χ1n) is 9.77. The maximum absolute atomic E-state index is 13.6. The number of piperidine rings is 1. The molecule has 1 saturated heterocycles. The SMILES string of the molecule is CN=C(NCCSc1ccccc1F)NC1CCN(CCOC(C)C)CC1.I. The maximum Gasteiger partial charge on any atom is 0.191 e. The second-order valence-corrected chi connectivity index (χ2v) is 8.09. The Balaban J connectivity index is 0.00000392. The van der Waals surface area contributed by atoms with Gasteiger partial charge < -0.3 is 20.3 Å². The van der Waals surface area contributed by atoms with Gasteiger partial charge >= 0.3 is 0 Å². The lowest BCUT2D eigenvalue weighted by Crippen LogP contribution is -2.49. The number of nitrogens with zero attached hydrogens (tertiary/aromatic N) is 2. The Bertz CT molecular complexity index is 583. The molecular weight excluding hydrogens is 490 g/mol. The fourth-order valence-corrected chi connectivity index (χ4v) is 3.80. The van der Waals surface area contributed by atoms with Gasteiger partial charge in [-0.2, -0.15) is 0 Å². The molecule has 1 aromatic carbocycles. The van der Waals surface area contributed by atoms with Crippen molar-refractivity contribution in [3.63, 3.8) is 0 Å². The van der Waals surface area contributed by atoms with E-state index in [1.807, 2.05) is 12.1 Å². The summed E-state index contributed by atoms with van der Waals surface area (Å²) in [6.45, 7) is 8.86. The Morgan fingerprint density at radius 1 is 1.32 bits per heavy atom. The molecule has 0 bridgehead atoms. The van der Waals surface area contributed by atoms with Crippen molar-refractivity contribution in [2.24, 2.45) is 4.99 Å². The van der Waals surface area contributed by atoms with Gasteiger partial charge in [-0.3, -0.25) is 4.99 Å². The first kappa shape index (κ1) is 25.5. The highest BCUT2D eigenvalue weighted by atomic mass is 127. The van der Waals surface area contributed by atoms with E-state index in [2.05, 4.69) is 34.4 Å². The summed E-state index contributed by atoms with van der Waals surface area (Å²) in [4.78, 5) is 7.46. The third kappa shape index (κ3) is 9.76. The number of nitrogens with one attached hydrogen (secondary N) is 2. The Morgan fingerprint density at radius 2 is 2.04 bits per heavy atom. The summed E-state index contributed by atoms with van der Waals surface area (Å²) in [6, 6.07) is 7.33. The fraction of sp³-hybridized carbons (Fsp3) is 0.650. The summed E-state index contributed by atoms with van der Waals surface area (Å²) in [5.41, 5.74) is 0. The molecule has 1 aromatic rings. The van der Waals surface area contributed by atoms with Crippen LogP contribution in [0.4, 0.5) is 4.39 Å². The lowest BCUT2D eigenvalue weighted by atomic mass is 10.1. The average molecular weight is 524 g/mol. The monoisotopic (exact) mass is 524 g/mol. The molecule has 28 heavy (non-hydrogen) atoms. The van der Waals surface area contributed by atoms with E-state index in [-0.39, 0.29) is 29.8 Å². The van der Waals surface area contributed by atoms with Crippen molar-refractivity contribution in [2.45, 2.75) is 43.7 Å². The van der Waals surface area contributed by atoms with Crippen LogP contribution < -0.4 is 10.6 Å². The molecule has 1 aliphatic heterocycles. The van der Waals surface area contributed by atoms with Gasteiger partial charge in [0, 0.05) is 49.9 Å². The number of ether oxygens (including phenoxy) is 1. The second kappa shape index (κ2) is 14.4. The molecule has 160 valence electrons. The Labute approximate surface area is 190 Å². The van der Waals surface area contributed by atoms with Gasteiger partial charge in [0.2, 0.25) is 0 Å². The van der Waals surface area contributed by atoms with Crippen LogP contribution in [0, 0.1) is 5.82 Å². The zero-order valence-corrected chi connectivity index (χ0v) is 20.3. The summed E-state index contributed by atoms with van der Waals surface area (Å²) in [7, 11) is 1.79. The van der Waals surface area contributed by atoms with Crippen LogP contribution in [0.5, 0.6) is 0 Å². The van der Waals surface area contributed by atoms with Gasteiger partial charge in [-0.15, -0.1) is 35.7 Å². The van der Waals surface area contributed by atoms with Crippen molar-refractivity contribution in [3.8, 4) is 0 Å². The van der Waals surface area contributed by atoms with Crippen LogP contribution in [0.15, 0.2) is 34.2 Å². The highest BCUT2D eigenvalue weighted by Crippen LogP contribution is 2.20. The van der Waals surface area contributed by atoms with Crippen molar-refractivity contribution in [3.05, 3.63) is 30.1 Å². The van der Waals surface area contributed by atoms with Crippen molar-refractivity contribution in [1.29, 1.82) is 0 Å². The molecule has 0 aromatic heterocycles. The lowest BCUT2D eigenvalue weighted by Gasteiger charge is -2.33. The van der Waals surface area contributed by atoms with Gasteiger partial charge in [-0.1, -0.05) is 12.1 Å². The fourth-order valence-electron chi connectivity index (χ4n) is 3.00. The molecule has 2 N–H and O–H groups in total. The average Bonchev–Trinajstić information content (AvgIpc) is 2.66. The largest absolute Gasteiger partial charge is 0.377 e. The van der Waals surface area contributed by atoms with Crippen LogP contribution in [-0.2, 0) is 4.74 Å². The first-order chi connectivity index (χ1) is 13.1. The number of aliphatic imine (C=N–C) groups is 1. The zero-order chi connectivity index (χ0) is 19.5. The molecular formula is C20H34FIN4OS. The van der Waals surface area contributed by atoms with Crippen LogP contribution in [-0.4, -0.2) is 68.6 Å². The van der Waals surface area contributed by atoms with Crippen LogP contribution in [0.25, 0.3) is 0 Å². The smallest absolute Gasteiger partial charge is 0.191 e. The summed E-state index contributed by atoms with van der Waals surface area (Å²) < 4.78 is 19.2.